The van der Waals surface area contributed by atoms with Crippen molar-refractivity contribution in [2.24, 2.45) is 0 Å². The van der Waals surface area contributed by atoms with Crippen LogP contribution in [0.25, 0.3) is 10.6 Å². The summed E-state index contributed by atoms with van der Waals surface area (Å²) in [6, 6.07) is 15.8. The van der Waals surface area contributed by atoms with Crippen molar-refractivity contribution in [2.45, 2.75) is 6.42 Å². The van der Waals surface area contributed by atoms with Crippen LogP contribution in [0.2, 0.25) is 0 Å². The van der Waals surface area contributed by atoms with Crippen molar-refractivity contribution < 1.29 is 9.18 Å². The van der Waals surface area contributed by atoms with Crippen molar-refractivity contribution in [3.05, 3.63) is 66.0 Å². The van der Waals surface area contributed by atoms with E-state index in [4.69, 9.17) is 0 Å². The standard InChI is InChI=1S/C16H12FN3OS/c17-13-9-5-4-8-12(13)10-14(21)18-16-20-19-15(22-16)11-6-2-1-3-7-11/h1-9H,10H2,(H,18,20,21). The van der Waals surface area contributed by atoms with Gasteiger partial charge in [-0.15, -0.1) is 10.2 Å². The highest BCUT2D eigenvalue weighted by Gasteiger charge is 2.11. The topological polar surface area (TPSA) is 54.9 Å². The summed E-state index contributed by atoms with van der Waals surface area (Å²) < 4.78 is 13.5. The highest BCUT2D eigenvalue weighted by molar-refractivity contribution is 7.18. The van der Waals surface area contributed by atoms with Crippen LogP contribution in [0.1, 0.15) is 5.56 Å². The van der Waals surface area contributed by atoms with E-state index in [9.17, 15) is 9.18 Å². The first kappa shape index (κ1) is 14.3. The fourth-order valence-corrected chi connectivity index (χ4v) is 2.71. The number of hydrogen-bond acceptors (Lipinski definition) is 4. The van der Waals surface area contributed by atoms with Crippen LogP contribution in [0.5, 0.6) is 0 Å². The second-order valence-electron chi connectivity index (χ2n) is 4.59. The molecule has 0 bridgehead atoms. The van der Waals surface area contributed by atoms with E-state index in [0.29, 0.717) is 10.7 Å². The minimum atomic E-state index is -0.389. The van der Waals surface area contributed by atoms with Crippen LogP contribution in [0, 0.1) is 5.82 Å². The number of aromatic nitrogens is 2. The highest BCUT2D eigenvalue weighted by atomic mass is 32.1. The molecule has 110 valence electrons. The maximum absolute atomic E-state index is 13.5. The normalized spacial score (nSPS) is 10.4. The Balaban J connectivity index is 1.68. The predicted octanol–water partition coefficient (Wildman–Crippen LogP) is 3.53. The van der Waals surface area contributed by atoms with Crippen molar-refractivity contribution in [3.8, 4) is 10.6 Å². The molecule has 0 saturated carbocycles. The first-order valence-corrected chi connectivity index (χ1v) is 7.46. The Bertz CT molecular complexity index is 789. The third-order valence-electron chi connectivity index (χ3n) is 3.00. The fourth-order valence-electron chi connectivity index (χ4n) is 1.95. The third-order valence-corrected chi connectivity index (χ3v) is 3.89. The molecule has 0 spiro atoms. The summed E-state index contributed by atoms with van der Waals surface area (Å²) in [5.41, 5.74) is 1.29. The number of amides is 1. The van der Waals surface area contributed by atoms with Crippen LogP contribution in [-0.2, 0) is 11.2 Å². The van der Waals surface area contributed by atoms with Gasteiger partial charge in [-0.05, 0) is 11.6 Å². The van der Waals surface area contributed by atoms with Gasteiger partial charge in [-0.1, -0.05) is 59.9 Å². The lowest BCUT2D eigenvalue weighted by Gasteiger charge is -2.02. The first-order valence-electron chi connectivity index (χ1n) is 6.64. The average molecular weight is 313 g/mol. The van der Waals surface area contributed by atoms with Gasteiger partial charge in [-0.3, -0.25) is 4.79 Å². The summed E-state index contributed by atoms with van der Waals surface area (Å²) >= 11 is 1.28. The zero-order chi connectivity index (χ0) is 15.4. The number of rotatable bonds is 4. The number of carbonyl (C=O) groups is 1. The van der Waals surface area contributed by atoms with E-state index in [0.717, 1.165) is 10.6 Å². The van der Waals surface area contributed by atoms with Gasteiger partial charge in [0.15, 0.2) is 0 Å². The fraction of sp³-hybridized carbons (Fsp3) is 0.0625. The molecule has 0 atom stereocenters. The summed E-state index contributed by atoms with van der Waals surface area (Å²) in [5, 5.41) is 11.8. The molecule has 0 aliphatic rings. The zero-order valence-electron chi connectivity index (χ0n) is 11.5. The van der Waals surface area contributed by atoms with Crippen molar-refractivity contribution >= 4 is 22.4 Å². The second kappa shape index (κ2) is 6.44. The Morgan fingerprint density at radius 2 is 1.77 bits per heavy atom. The summed E-state index contributed by atoms with van der Waals surface area (Å²) in [5.74, 6) is -0.708. The Morgan fingerprint density at radius 1 is 1.05 bits per heavy atom. The van der Waals surface area contributed by atoms with E-state index < -0.39 is 0 Å². The quantitative estimate of drug-likeness (QED) is 0.801. The molecule has 0 saturated heterocycles. The van der Waals surface area contributed by atoms with Crippen molar-refractivity contribution in [2.75, 3.05) is 5.32 Å². The molecule has 0 unspecified atom stereocenters. The maximum atomic E-state index is 13.5. The minimum Gasteiger partial charge on any atom is -0.300 e. The molecule has 4 nitrogen and oxygen atoms in total. The molecule has 6 heteroatoms. The molecule has 0 aliphatic carbocycles. The Hall–Kier alpha value is -2.60. The van der Waals surface area contributed by atoms with Crippen LogP contribution >= 0.6 is 11.3 Å². The molecule has 0 radical (unpaired) electrons. The lowest BCUT2D eigenvalue weighted by atomic mass is 10.1. The van der Waals surface area contributed by atoms with Crippen LogP contribution in [0.15, 0.2) is 54.6 Å². The molecule has 1 heterocycles. The SMILES string of the molecule is O=C(Cc1ccccc1F)Nc1nnc(-c2ccccc2)s1. The molecule has 22 heavy (non-hydrogen) atoms. The molecule has 1 amide bonds. The summed E-state index contributed by atoms with van der Waals surface area (Å²) in [6.45, 7) is 0. The molecule has 3 aromatic rings. The van der Waals surface area contributed by atoms with Gasteiger partial charge in [-0.2, -0.15) is 0 Å². The minimum absolute atomic E-state index is 0.0348. The molecular formula is C16H12FN3OS. The van der Waals surface area contributed by atoms with Crippen molar-refractivity contribution in [1.29, 1.82) is 0 Å². The number of carbonyl (C=O) groups excluding carboxylic acids is 1. The first-order chi connectivity index (χ1) is 10.7. The molecule has 2 aromatic carbocycles. The summed E-state index contributed by atoms with van der Waals surface area (Å²) in [6.07, 6.45) is -0.0348. The number of nitrogens with one attached hydrogen (secondary N) is 1. The van der Waals surface area contributed by atoms with Crippen molar-refractivity contribution in [1.82, 2.24) is 10.2 Å². The van der Waals surface area contributed by atoms with E-state index in [-0.39, 0.29) is 18.1 Å². The van der Waals surface area contributed by atoms with E-state index in [1.807, 2.05) is 30.3 Å². The average Bonchev–Trinajstić information content (AvgIpc) is 2.99. The van der Waals surface area contributed by atoms with E-state index in [2.05, 4.69) is 15.5 Å². The van der Waals surface area contributed by atoms with Gasteiger partial charge in [0, 0.05) is 5.56 Å². The van der Waals surface area contributed by atoms with Crippen LogP contribution in [-0.4, -0.2) is 16.1 Å². The second-order valence-corrected chi connectivity index (χ2v) is 5.57. The van der Waals surface area contributed by atoms with Crippen LogP contribution in [0.4, 0.5) is 9.52 Å². The number of anilines is 1. The van der Waals surface area contributed by atoms with Gasteiger partial charge < -0.3 is 5.32 Å². The largest absolute Gasteiger partial charge is 0.300 e. The predicted molar refractivity (Wildman–Crippen MR) is 84.1 cm³/mol. The van der Waals surface area contributed by atoms with Gasteiger partial charge in [0.1, 0.15) is 10.8 Å². The summed E-state index contributed by atoms with van der Waals surface area (Å²) in [7, 11) is 0. The number of hydrogen-bond donors (Lipinski definition) is 1. The summed E-state index contributed by atoms with van der Waals surface area (Å²) in [4.78, 5) is 11.9. The monoisotopic (exact) mass is 313 g/mol. The Labute approximate surface area is 130 Å². The molecule has 0 fully saturated rings. The van der Waals surface area contributed by atoms with Gasteiger partial charge in [0.25, 0.3) is 0 Å². The van der Waals surface area contributed by atoms with Gasteiger partial charge >= 0.3 is 0 Å². The third kappa shape index (κ3) is 3.35. The van der Waals surface area contributed by atoms with Gasteiger partial charge in [-0.25, -0.2) is 4.39 Å². The number of benzene rings is 2. The Morgan fingerprint density at radius 3 is 2.55 bits per heavy atom. The molecular weight excluding hydrogens is 301 g/mol. The van der Waals surface area contributed by atoms with E-state index in [1.54, 1.807) is 18.2 Å². The van der Waals surface area contributed by atoms with Gasteiger partial charge in [0.05, 0.1) is 6.42 Å². The van der Waals surface area contributed by atoms with Crippen LogP contribution in [0.3, 0.4) is 0 Å². The number of nitrogens with zero attached hydrogens (tertiary/aromatic N) is 2. The zero-order valence-corrected chi connectivity index (χ0v) is 12.3. The van der Waals surface area contributed by atoms with Crippen molar-refractivity contribution in [3.63, 3.8) is 0 Å². The number of halogens is 1. The van der Waals surface area contributed by atoms with Crippen LogP contribution < -0.4 is 5.32 Å². The lowest BCUT2D eigenvalue weighted by molar-refractivity contribution is -0.115. The molecule has 0 aliphatic heterocycles. The molecule has 1 aromatic heterocycles. The maximum Gasteiger partial charge on any atom is 0.230 e. The smallest absolute Gasteiger partial charge is 0.230 e. The lowest BCUT2D eigenvalue weighted by Crippen LogP contribution is -2.15. The van der Waals surface area contributed by atoms with E-state index in [1.165, 1.54) is 17.4 Å². The molecule has 3 rings (SSSR count). The Kier molecular flexibility index (Phi) is 4.20. The van der Waals surface area contributed by atoms with Gasteiger partial charge in [0.2, 0.25) is 11.0 Å². The molecule has 1 N–H and O–H groups in total. The highest BCUT2D eigenvalue weighted by Crippen LogP contribution is 2.25. The van der Waals surface area contributed by atoms with E-state index >= 15 is 0 Å².